The Morgan fingerprint density at radius 1 is 1.30 bits per heavy atom. The van der Waals surface area contributed by atoms with Gasteiger partial charge in [0.25, 0.3) is 0 Å². The first-order chi connectivity index (χ1) is 14.5. The molecule has 1 saturated heterocycles. The molecule has 0 aromatic carbocycles. The van der Waals surface area contributed by atoms with Gasteiger partial charge < -0.3 is 14.6 Å². The molecular formula is C22H23FN6O. The van der Waals surface area contributed by atoms with Crippen molar-refractivity contribution in [2.24, 2.45) is 7.05 Å². The van der Waals surface area contributed by atoms with E-state index >= 15 is 0 Å². The number of aromatic nitrogens is 5. The van der Waals surface area contributed by atoms with E-state index in [9.17, 15) is 4.39 Å². The molecule has 0 bridgehead atoms. The van der Waals surface area contributed by atoms with Crippen LogP contribution in [-0.2, 0) is 11.8 Å². The molecule has 4 aromatic heterocycles. The molecule has 7 nitrogen and oxygen atoms in total. The van der Waals surface area contributed by atoms with Gasteiger partial charge in [-0.2, -0.15) is 9.49 Å². The first kappa shape index (κ1) is 18.7. The fraction of sp³-hybridized carbons (Fsp3) is 0.318. The van der Waals surface area contributed by atoms with Crippen molar-refractivity contribution in [1.82, 2.24) is 24.7 Å². The first-order valence-corrected chi connectivity index (χ1v) is 10.0. The summed E-state index contributed by atoms with van der Waals surface area (Å²) in [5, 5.41) is 5.24. The minimum Gasteiger partial charge on any atom is -0.377 e. The van der Waals surface area contributed by atoms with E-state index in [4.69, 9.17) is 9.72 Å². The van der Waals surface area contributed by atoms with Gasteiger partial charge in [-0.15, -0.1) is 0 Å². The van der Waals surface area contributed by atoms with E-state index in [1.807, 2.05) is 32.3 Å². The number of aromatic amines is 1. The smallest absolute Gasteiger partial charge is 0.223 e. The van der Waals surface area contributed by atoms with Crippen LogP contribution in [0.4, 0.5) is 10.2 Å². The molecule has 5 heterocycles. The summed E-state index contributed by atoms with van der Waals surface area (Å²) in [5.74, 6) is 0.268. The number of nitrogens with zero attached hydrogens (tertiary/aromatic N) is 5. The van der Waals surface area contributed by atoms with Crippen molar-refractivity contribution in [1.29, 1.82) is 0 Å². The molecule has 0 spiro atoms. The Bertz CT molecular complexity index is 1230. The lowest BCUT2D eigenvalue weighted by Crippen LogP contribution is -2.44. The van der Waals surface area contributed by atoms with Gasteiger partial charge >= 0.3 is 0 Å². The van der Waals surface area contributed by atoms with Crippen molar-refractivity contribution in [3.63, 3.8) is 0 Å². The number of hydrogen-bond acceptors (Lipinski definition) is 5. The molecule has 1 N–H and O–H groups in total. The SMILES string of the molecule is Cc1nn(C)cc1-c1cc(-c2c(F)ncc3[nH]ccc23)nc(N2CCOC[C@H]2C)c1. The fourth-order valence-electron chi connectivity index (χ4n) is 4.14. The second-order valence-corrected chi connectivity index (χ2v) is 7.75. The Kier molecular flexibility index (Phi) is 4.51. The lowest BCUT2D eigenvalue weighted by atomic mass is 10.0. The molecular weight excluding hydrogens is 383 g/mol. The standard InChI is InChI=1S/C22H23FN6O/c1-13-12-30-7-6-29(13)20-9-15(17-11-28(3)27-14(17)2)8-18(26-20)21-16-4-5-24-19(16)10-25-22(21)23/h4-5,8-11,13,24H,6-7,12H2,1-3H3/t13-/m1/s1. The van der Waals surface area contributed by atoms with E-state index in [0.717, 1.165) is 40.1 Å². The van der Waals surface area contributed by atoms with Crippen LogP contribution in [0.25, 0.3) is 33.3 Å². The Morgan fingerprint density at radius 3 is 2.93 bits per heavy atom. The number of fused-ring (bicyclic) bond motifs is 1. The molecule has 8 heteroatoms. The highest BCUT2D eigenvalue weighted by Crippen LogP contribution is 2.35. The van der Waals surface area contributed by atoms with Crippen molar-refractivity contribution in [3.8, 4) is 22.4 Å². The minimum absolute atomic E-state index is 0.176. The predicted octanol–water partition coefficient (Wildman–Crippen LogP) is 3.70. The van der Waals surface area contributed by atoms with E-state index in [1.165, 1.54) is 6.20 Å². The topological polar surface area (TPSA) is 71.9 Å². The maximum Gasteiger partial charge on any atom is 0.223 e. The monoisotopic (exact) mass is 406 g/mol. The molecule has 4 aromatic rings. The van der Waals surface area contributed by atoms with Gasteiger partial charge in [0.2, 0.25) is 5.95 Å². The average Bonchev–Trinajstić information content (AvgIpc) is 3.33. The molecule has 154 valence electrons. The summed E-state index contributed by atoms with van der Waals surface area (Å²) in [4.78, 5) is 14.1. The van der Waals surface area contributed by atoms with E-state index in [2.05, 4.69) is 33.0 Å². The molecule has 5 rings (SSSR count). The van der Waals surface area contributed by atoms with Gasteiger partial charge in [-0.1, -0.05) is 0 Å². The Morgan fingerprint density at radius 2 is 2.17 bits per heavy atom. The van der Waals surface area contributed by atoms with Gasteiger partial charge in [0.15, 0.2) is 0 Å². The van der Waals surface area contributed by atoms with Crippen molar-refractivity contribution in [2.75, 3.05) is 24.7 Å². The summed E-state index contributed by atoms with van der Waals surface area (Å²) in [7, 11) is 1.90. The average molecular weight is 406 g/mol. The van der Waals surface area contributed by atoms with Crippen LogP contribution in [0.1, 0.15) is 12.6 Å². The largest absolute Gasteiger partial charge is 0.377 e. The summed E-state index contributed by atoms with van der Waals surface area (Å²) < 4.78 is 22.3. The van der Waals surface area contributed by atoms with Gasteiger partial charge in [0, 0.05) is 36.9 Å². The van der Waals surface area contributed by atoms with Crippen molar-refractivity contribution >= 4 is 16.7 Å². The van der Waals surface area contributed by atoms with Gasteiger partial charge in [-0.3, -0.25) is 4.68 Å². The van der Waals surface area contributed by atoms with Crippen LogP contribution in [0.15, 0.2) is 36.8 Å². The van der Waals surface area contributed by atoms with Gasteiger partial charge in [0.1, 0.15) is 5.82 Å². The van der Waals surface area contributed by atoms with Crippen LogP contribution in [0, 0.1) is 12.9 Å². The highest BCUT2D eigenvalue weighted by atomic mass is 19.1. The maximum atomic E-state index is 14.9. The molecule has 0 saturated carbocycles. The second-order valence-electron chi connectivity index (χ2n) is 7.75. The summed E-state index contributed by atoms with van der Waals surface area (Å²) >= 11 is 0. The maximum absolute atomic E-state index is 14.9. The second kappa shape index (κ2) is 7.21. The molecule has 1 atom stereocenters. The number of nitrogens with one attached hydrogen (secondary N) is 1. The third-order valence-corrected chi connectivity index (χ3v) is 5.62. The van der Waals surface area contributed by atoms with E-state index in [1.54, 1.807) is 10.9 Å². The molecule has 0 radical (unpaired) electrons. The zero-order valence-electron chi connectivity index (χ0n) is 17.2. The molecule has 0 aliphatic carbocycles. The summed E-state index contributed by atoms with van der Waals surface area (Å²) in [6.07, 6.45) is 5.27. The Hall–Kier alpha value is -3.26. The summed E-state index contributed by atoms with van der Waals surface area (Å²) in [5.41, 5.74) is 4.59. The third kappa shape index (κ3) is 3.13. The number of rotatable bonds is 3. The van der Waals surface area contributed by atoms with Crippen molar-refractivity contribution in [3.05, 3.63) is 48.4 Å². The van der Waals surface area contributed by atoms with E-state index in [0.29, 0.717) is 24.5 Å². The van der Waals surface area contributed by atoms with Gasteiger partial charge in [-0.25, -0.2) is 9.97 Å². The van der Waals surface area contributed by atoms with Gasteiger partial charge in [-0.05, 0) is 37.6 Å². The van der Waals surface area contributed by atoms with E-state index < -0.39 is 5.95 Å². The quantitative estimate of drug-likeness (QED) is 0.526. The van der Waals surface area contributed by atoms with Crippen LogP contribution >= 0.6 is 0 Å². The number of pyridine rings is 2. The molecule has 1 aliphatic heterocycles. The molecule has 0 amide bonds. The molecule has 0 unspecified atom stereocenters. The van der Waals surface area contributed by atoms with E-state index in [-0.39, 0.29) is 6.04 Å². The molecule has 30 heavy (non-hydrogen) atoms. The fourth-order valence-corrected chi connectivity index (χ4v) is 4.14. The highest BCUT2D eigenvalue weighted by molar-refractivity contribution is 5.94. The zero-order chi connectivity index (χ0) is 20.8. The van der Waals surface area contributed by atoms with Gasteiger partial charge in [0.05, 0.1) is 47.9 Å². The van der Waals surface area contributed by atoms with Crippen LogP contribution in [0.2, 0.25) is 0 Å². The van der Waals surface area contributed by atoms with Crippen LogP contribution in [0.5, 0.6) is 0 Å². The van der Waals surface area contributed by atoms with Crippen molar-refractivity contribution in [2.45, 2.75) is 19.9 Å². The minimum atomic E-state index is -0.532. The normalized spacial score (nSPS) is 17.1. The number of hydrogen-bond donors (Lipinski definition) is 1. The van der Waals surface area contributed by atoms with Crippen molar-refractivity contribution < 1.29 is 9.13 Å². The third-order valence-electron chi connectivity index (χ3n) is 5.62. The zero-order valence-corrected chi connectivity index (χ0v) is 17.2. The highest BCUT2D eigenvalue weighted by Gasteiger charge is 2.23. The summed E-state index contributed by atoms with van der Waals surface area (Å²) in [6, 6.07) is 6.01. The lowest BCUT2D eigenvalue weighted by molar-refractivity contribution is 0.0985. The van der Waals surface area contributed by atoms with Crippen LogP contribution in [-0.4, -0.2) is 50.5 Å². The Labute approximate surface area is 173 Å². The number of ether oxygens (including phenoxy) is 1. The summed E-state index contributed by atoms with van der Waals surface area (Å²) in [6.45, 7) is 6.09. The lowest BCUT2D eigenvalue weighted by Gasteiger charge is -2.34. The number of halogens is 1. The first-order valence-electron chi connectivity index (χ1n) is 10.0. The predicted molar refractivity (Wildman–Crippen MR) is 114 cm³/mol. The Balaban J connectivity index is 1.75. The van der Waals surface area contributed by atoms with Crippen LogP contribution in [0.3, 0.4) is 0 Å². The molecule has 1 aliphatic rings. The number of H-pyrrole nitrogens is 1. The molecule has 1 fully saturated rings. The van der Waals surface area contributed by atoms with Crippen LogP contribution < -0.4 is 4.90 Å². The number of morpholine rings is 1. The number of anilines is 1. The number of aryl methyl sites for hydroxylation is 2.